The topological polar surface area (TPSA) is 90.6 Å². The minimum absolute atomic E-state index is 0.113. The van der Waals surface area contributed by atoms with Crippen molar-refractivity contribution in [3.8, 4) is 0 Å². The maximum atomic E-state index is 11.1. The van der Waals surface area contributed by atoms with Crippen molar-refractivity contribution in [1.29, 1.82) is 0 Å². The third kappa shape index (κ3) is 2.89. The van der Waals surface area contributed by atoms with Crippen molar-refractivity contribution in [2.75, 3.05) is 11.9 Å². The number of allylic oxidation sites excluding steroid dienone is 1. The third-order valence-electron chi connectivity index (χ3n) is 1.49. The fraction of sp³-hybridized carbons (Fsp3) is 0.375. The number of aromatic nitrogens is 3. The highest BCUT2D eigenvalue weighted by molar-refractivity contribution is 5.29. The van der Waals surface area contributed by atoms with Gasteiger partial charge < -0.3 is 5.32 Å². The first-order valence-corrected chi connectivity index (χ1v) is 4.16. The van der Waals surface area contributed by atoms with E-state index in [9.17, 15) is 9.59 Å². The lowest BCUT2D eigenvalue weighted by Crippen LogP contribution is -2.26. The van der Waals surface area contributed by atoms with Gasteiger partial charge in [-0.25, -0.2) is 9.89 Å². The Hall–Kier alpha value is -1.85. The fourth-order valence-electron chi connectivity index (χ4n) is 0.819. The summed E-state index contributed by atoms with van der Waals surface area (Å²) in [6.07, 6.45) is 1.91. The SMILES string of the molecule is CC(C)=CCNc1n[nH]c(=O)[nH]c1=O. The Morgan fingerprint density at radius 3 is 2.79 bits per heavy atom. The van der Waals surface area contributed by atoms with E-state index in [4.69, 9.17) is 0 Å². The summed E-state index contributed by atoms with van der Waals surface area (Å²) in [5.74, 6) is 0.113. The van der Waals surface area contributed by atoms with E-state index < -0.39 is 11.2 Å². The van der Waals surface area contributed by atoms with Gasteiger partial charge in [0.15, 0.2) is 0 Å². The molecule has 6 nitrogen and oxygen atoms in total. The van der Waals surface area contributed by atoms with Gasteiger partial charge in [0.25, 0.3) is 5.56 Å². The van der Waals surface area contributed by atoms with Crippen LogP contribution in [0.15, 0.2) is 21.2 Å². The Kier molecular flexibility index (Phi) is 3.22. The molecule has 0 saturated carbocycles. The van der Waals surface area contributed by atoms with E-state index in [2.05, 4.69) is 20.5 Å². The van der Waals surface area contributed by atoms with Crippen molar-refractivity contribution in [2.45, 2.75) is 13.8 Å². The lowest BCUT2D eigenvalue weighted by Gasteiger charge is -1.99. The largest absolute Gasteiger partial charge is 0.361 e. The number of nitrogens with zero attached hydrogens (tertiary/aromatic N) is 1. The Bertz CT molecular complexity index is 439. The molecule has 1 aromatic rings. The van der Waals surface area contributed by atoms with E-state index in [-0.39, 0.29) is 5.82 Å². The predicted molar refractivity (Wildman–Crippen MR) is 53.4 cm³/mol. The van der Waals surface area contributed by atoms with Gasteiger partial charge in [0, 0.05) is 6.54 Å². The van der Waals surface area contributed by atoms with Crippen molar-refractivity contribution >= 4 is 5.82 Å². The minimum Gasteiger partial charge on any atom is -0.361 e. The van der Waals surface area contributed by atoms with Crippen LogP contribution in [0.3, 0.4) is 0 Å². The van der Waals surface area contributed by atoms with Crippen LogP contribution in [-0.4, -0.2) is 21.7 Å². The first-order valence-electron chi connectivity index (χ1n) is 4.16. The molecule has 14 heavy (non-hydrogen) atoms. The Morgan fingerprint density at radius 1 is 1.50 bits per heavy atom. The molecule has 0 fully saturated rings. The average Bonchev–Trinajstić information content (AvgIpc) is 2.08. The fourth-order valence-corrected chi connectivity index (χ4v) is 0.819. The van der Waals surface area contributed by atoms with Crippen molar-refractivity contribution in [3.63, 3.8) is 0 Å². The molecule has 0 unspecified atom stereocenters. The minimum atomic E-state index is -0.609. The number of H-pyrrole nitrogens is 2. The second-order valence-electron chi connectivity index (χ2n) is 3.02. The summed E-state index contributed by atoms with van der Waals surface area (Å²) in [6.45, 7) is 4.41. The van der Waals surface area contributed by atoms with E-state index in [1.165, 1.54) is 0 Å². The lowest BCUT2D eigenvalue weighted by molar-refractivity contribution is 0.890. The van der Waals surface area contributed by atoms with Crippen molar-refractivity contribution in [2.24, 2.45) is 0 Å². The normalized spacial score (nSPS) is 9.57. The first-order chi connectivity index (χ1) is 6.59. The van der Waals surface area contributed by atoms with Crippen molar-refractivity contribution < 1.29 is 0 Å². The Labute approximate surface area is 80.1 Å². The highest BCUT2D eigenvalue weighted by Crippen LogP contribution is 1.90. The number of hydrogen-bond donors (Lipinski definition) is 3. The van der Waals surface area contributed by atoms with Crippen molar-refractivity contribution in [1.82, 2.24) is 15.2 Å². The highest BCUT2D eigenvalue weighted by atomic mass is 16.2. The summed E-state index contributed by atoms with van der Waals surface area (Å²) in [6, 6.07) is 0. The van der Waals surface area contributed by atoms with Gasteiger partial charge in [-0.05, 0) is 13.8 Å². The second-order valence-corrected chi connectivity index (χ2v) is 3.02. The molecule has 0 aliphatic rings. The van der Waals surface area contributed by atoms with E-state index in [1.807, 2.05) is 19.9 Å². The Morgan fingerprint density at radius 2 is 2.21 bits per heavy atom. The summed E-state index contributed by atoms with van der Waals surface area (Å²) < 4.78 is 0. The molecule has 1 heterocycles. The number of rotatable bonds is 3. The molecule has 6 heteroatoms. The molecule has 0 aliphatic heterocycles. The molecule has 0 aliphatic carbocycles. The van der Waals surface area contributed by atoms with Crippen LogP contribution in [-0.2, 0) is 0 Å². The molecule has 0 bridgehead atoms. The molecule has 1 rings (SSSR count). The zero-order chi connectivity index (χ0) is 10.6. The number of anilines is 1. The van der Waals surface area contributed by atoms with Crippen LogP contribution >= 0.6 is 0 Å². The van der Waals surface area contributed by atoms with Crippen LogP contribution < -0.4 is 16.6 Å². The molecule has 3 N–H and O–H groups in total. The van der Waals surface area contributed by atoms with Crippen LogP contribution in [0.2, 0.25) is 0 Å². The third-order valence-corrected chi connectivity index (χ3v) is 1.49. The van der Waals surface area contributed by atoms with Crippen LogP contribution in [0, 0.1) is 0 Å². The molecule has 0 spiro atoms. The van der Waals surface area contributed by atoms with Crippen molar-refractivity contribution in [3.05, 3.63) is 32.5 Å². The van der Waals surface area contributed by atoms with Crippen LogP contribution in [0.25, 0.3) is 0 Å². The average molecular weight is 196 g/mol. The van der Waals surface area contributed by atoms with Crippen LogP contribution in [0.4, 0.5) is 5.82 Å². The summed E-state index contributed by atoms with van der Waals surface area (Å²) >= 11 is 0. The van der Waals surface area contributed by atoms with Gasteiger partial charge in [0.1, 0.15) is 0 Å². The van der Waals surface area contributed by atoms with E-state index in [0.29, 0.717) is 6.54 Å². The van der Waals surface area contributed by atoms with Gasteiger partial charge in [0.2, 0.25) is 5.82 Å². The lowest BCUT2D eigenvalue weighted by atomic mass is 10.3. The van der Waals surface area contributed by atoms with Gasteiger partial charge in [-0.15, -0.1) is 5.10 Å². The quantitative estimate of drug-likeness (QED) is 0.586. The standard InChI is InChI=1S/C8H12N4O2/c1-5(2)3-4-9-6-7(13)10-8(14)12-11-6/h3H,4H2,1-2H3,(H,9,11)(H2,10,12,13,14). The van der Waals surface area contributed by atoms with E-state index in [0.717, 1.165) is 5.57 Å². The predicted octanol–water partition coefficient (Wildman–Crippen LogP) is -0.164. The molecule has 0 amide bonds. The molecule has 0 aromatic carbocycles. The van der Waals surface area contributed by atoms with E-state index in [1.54, 1.807) is 0 Å². The van der Waals surface area contributed by atoms with Crippen LogP contribution in [0.1, 0.15) is 13.8 Å². The second kappa shape index (κ2) is 4.40. The molecule has 76 valence electrons. The summed E-state index contributed by atoms with van der Waals surface area (Å²) in [5, 5.41) is 8.46. The molecular formula is C8H12N4O2. The molecule has 0 saturated heterocycles. The summed E-state index contributed by atoms with van der Waals surface area (Å²) in [7, 11) is 0. The maximum absolute atomic E-state index is 11.1. The van der Waals surface area contributed by atoms with Crippen LogP contribution in [0.5, 0.6) is 0 Å². The van der Waals surface area contributed by atoms with E-state index >= 15 is 0 Å². The summed E-state index contributed by atoms with van der Waals surface area (Å²) in [4.78, 5) is 23.8. The van der Waals surface area contributed by atoms with Gasteiger partial charge >= 0.3 is 5.69 Å². The molecular weight excluding hydrogens is 184 g/mol. The highest BCUT2D eigenvalue weighted by Gasteiger charge is 1.98. The molecule has 1 aromatic heterocycles. The summed E-state index contributed by atoms with van der Waals surface area (Å²) in [5.41, 5.74) is 0.0111. The maximum Gasteiger partial charge on any atom is 0.342 e. The number of aromatic amines is 2. The first kappa shape index (κ1) is 10.2. The smallest absolute Gasteiger partial charge is 0.342 e. The zero-order valence-electron chi connectivity index (χ0n) is 8.05. The number of nitrogens with one attached hydrogen (secondary N) is 3. The Balaban J connectivity index is 2.74. The van der Waals surface area contributed by atoms with Gasteiger partial charge in [-0.1, -0.05) is 11.6 Å². The monoisotopic (exact) mass is 196 g/mol. The molecule has 0 atom stereocenters. The van der Waals surface area contributed by atoms with Gasteiger partial charge in [-0.3, -0.25) is 9.78 Å². The zero-order valence-corrected chi connectivity index (χ0v) is 8.05. The van der Waals surface area contributed by atoms with Gasteiger partial charge in [-0.2, -0.15) is 0 Å². The molecule has 0 radical (unpaired) electrons. The van der Waals surface area contributed by atoms with Gasteiger partial charge in [0.05, 0.1) is 0 Å². The number of hydrogen-bond acceptors (Lipinski definition) is 4.